The van der Waals surface area contributed by atoms with Gasteiger partial charge in [0.25, 0.3) is 0 Å². The Hall–Kier alpha value is -1.31. The third-order valence-corrected chi connectivity index (χ3v) is 4.11. The Morgan fingerprint density at radius 1 is 1.35 bits per heavy atom. The number of carbonyl (C=O) groups is 1. The SMILES string of the molecule is O=C(CCNc1ncc(C(F)(F)F)s1)N1CCCCC1. The molecule has 1 aliphatic rings. The topological polar surface area (TPSA) is 45.2 Å². The molecule has 0 saturated carbocycles. The van der Waals surface area contributed by atoms with E-state index in [0.29, 0.717) is 17.9 Å². The molecule has 0 atom stereocenters. The summed E-state index contributed by atoms with van der Waals surface area (Å²) in [6.45, 7) is 1.88. The van der Waals surface area contributed by atoms with Crippen molar-refractivity contribution in [3.05, 3.63) is 11.1 Å². The van der Waals surface area contributed by atoms with Crippen molar-refractivity contribution in [2.24, 2.45) is 0 Å². The van der Waals surface area contributed by atoms with Gasteiger partial charge in [-0.2, -0.15) is 13.2 Å². The van der Waals surface area contributed by atoms with E-state index in [1.807, 2.05) is 4.90 Å². The number of anilines is 1. The molecule has 1 saturated heterocycles. The number of aromatic nitrogens is 1. The summed E-state index contributed by atoms with van der Waals surface area (Å²) in [4.78, 5) is 16.6. The van der Waals surface area contributed by atoms with Gasteiger partial charge in [-0.15, -0.1) is 0 Å². The van der Waals surface area contributed by atoms with Crippen molar-refractivity contribution >= 4 is 22.4 Å². The van der Waals surface area contributed by atoms with Gasteiger partial charge in [-0.1, -0.05) is 11.3 Å². The fourth-order valence-corrected chi connectivity index (χ4v) is 2.77. The van der Waals surface area contributed by atoms with Gasteiger partial charge in [-0.25, -0.2) is 4.98 Å². The Kier molecular flexibility index (Phi) is 4.85. The molecule has 4 nitrogen and oxygen atoms in total. The number of piperidine rings is 1. The first-order valence-electron chi connectivity index (χ1n) is 6.51. The highest BCUT2D eigenvalue weighted by Gasteiger charge is 2.33. The quantitative estimate of drug-likeness (QED) is 0.930. The van der Waals surface area contributed by atoms with Crippen molar-refractivity contribution < 1.29 is 18.0 Å². The summed E-state index contributed by atoms with van der Waals surface area (Å²) in [7, 11) is 0. The standard InChI is InChI=1S/C12H16F3N3OS/c13-12(14,15)9-8-17-11(20-9)16-5-4-10(19)18-6-2-1-3-7-18/h8H,1-7H2,(H,16,17). The van der Waals surface area contributed by atoms with Crippen LogP contribution in [0.4, 0.5) is 18.3 Å². The molecule has 1 aromatic heterocycles. The summed E-state index contributed by atoms with van der Waals surface area (Å²) in [6.07, 6.45) is -0.0653. The zero-order chi connectivity index (χ0) is 14.6. The lowest BCUT2D eigenvalue weighted by atomic mass is 10.1. The van der Waals surface area contributed by atoms with Crippen molar-refractivity contribution in [1.82, 2.24) is 9.88 Å². The number of amides is 1. The second-order valence-corrected chi connectivity index (χ2v) is 5.68. The van der Waals surface area contributed by atoms with Gasteiger partial charge in [0.05, 0.1) is 6.20 Å². The van der Waals surface area contributed by atoms with Crippen LogP contribution in [0.1, 0.15) is 30.6 Å². The Labute approximate surface area is 119 Å². The van der Waals surface area contributed by atoms with E-state index in [0.717, 1.165) is 38.5 Å². The molecule has 0 radical (unpaired) electrons. The summed E-state index contributed by atoms with van der Waals surface area (Å²) in [5, 5.41) is 2.96. The van der Waals surface area contributed by atoms with E-state index in [4.69, 9.17) is 0 Å². The van der Waals surface area contributed by atoms with Crippen LogP contribution in [-0.4, -0.2) is 35.4 Å². The molecular weight excluding hydrogens is 291 g/mol. The number of alkyl halides is 3. The van der Waals surface area contributed by atoms with Gasteiger partial charge in [-0.05, 0) is 19.3 Å². The van der Waals surface area contributed by atoms with Gasteiger partial charge >= 0.3 is 6.18 Å². The van der Waals surface area contributed by atoms with Crippen LogP contribution >= 0.6 is 11.3 Å². The molecule has 112 valence electrons. The zero-order valence-corrected chi connectivity index (χ0v) is 11.7. The van der Waals surface area contributed by atoms with E-state index < -0.39 is 11.1 Å². The zero-order valence-electron chi connectivity index (χ0n) is 10.9. The van der Waals surface area contributed by atoms with E-state index in [1.165, 1.54) is 0 Å². The molecule has 1 amide bonds. The van der Waals surface area contributed by atoms with E-state index in [1.54, 1.807) is 0 Å². The predicted octanol–water partition coefficient (Wildman–Crippen LogP) is 2.98. The molecule has 0 spiro atoms. The number of thiazole rings is 1. The van der Waals surface area contributed by atoms with Gasteiger partial charge in [0.1, 0.15) is 4.88 Å². The minimum atomic E-state index is -4.36. The fraction of sp³-hybridized carbons (Fsp3) is 0.667. The lowest BCUT2D eigenvalue weighted by Crippen LogP contribution is -2.36. The van der Waals surface area contributed by atoms with Crippen LogP contribution in [0.5, 0.6) is 0 Å². The number of carbonyl (C=O) groups excluding carboxylic acids is 1. The van der Waals surface area contributed by atoms with E-state index in [9.17, 15) is 18.0 Å². The number of nitrogens with zero attached hydrogens (tertiary/aromatic N) is 2. The third-order valence-electron chi connectivity index (χ3n) is 3.11. The smallest absolute Gasteiger partial charge is 0.361 e. The molecule has 1 aromatic rings. The molecule has 2 rings (SSSR count). The van der Waals surface area contributed by atoms with Crippen LogP contribution in [0.2, 0.25) is 0 Å². The molecule has 1 fully saturated rings. The van der Waals surface area contributed by atoms with E-state index in [2.05, 4.69) is 10.3 Å². The number of likely N-dealkylation sites (tertiary alicyclic amines) is 1. The normalized spacial score (nSPS) is 16.2. The monoisotopic (exact) mass is 307 g/mol. The maximum atomic E-state index is 12.4. The summed E-state index contributed by atoms with van der Waals surface area (Å²) in [6, 6.07) is 0. The summed E-state index contributed by atoms with van der Waals surface area (Å²) < 4.78 is 37.1. The number of nitrogens with one attached hydrogen (secondary N) is 1. The van der Waals surface area contributed by atoms with Gasteiger partial charge in [0.15, 0.2) is 5.13 Å². The Balaban J connectivity index is 1.75. The molecule has 20 heavy (non-hydrogen) atoms. The molecule has 1 N–H and O–H groups in total. The van der Waals surface area contributed by atoms with Gasteiger partial charge in [0.2, 0.25) is 5.91 Å². The van der Waals surface area contributed by atoms with Crippen molar-refractivity contribution in [2.75, 3.05) is 25.0 Å². The molecular formula is C12H16F3N3OS. The van der Waals surface area contributed by atoms with Gasteiger partial charge in [-0.3, -0.25) is 4.79 Å². The molecule has 8 heteroatoms. The van der Waals surface area contributed by atoms with Crippen molar-refractivity contribution in [1.29, 1.82) is 0 Å². The number of rotatable bonds is 4. The first kappa shape index (κ1) is 15.1. The van der Waals surface area contributed by atoms with Gasteiger partial charge in [0, 0.05) is 26.1 Å². The number of hydrogen-bond acceptors (Lipinski definition) is 4. The highest BCUT2D eigenvalue weighted by atomic mass is 32.1. The maximum absolute atomic E-state index is 12.4. The first-order chi connectivity index (χ1) is 9.47. The van der Waals surface area contributed by atoms with Crippen LogP contribution in [0, 0.1) is 0 Å². The molecule has 2 heterocycles. The Bertz CT molecular complexity index is 455. The minimum absolute atomic E-state index is 0.0461. The number of halogens is 3. The Morgan fingerprint density at radius 3 is 2.65 bits per heavy atom. The largest absolute Gasteiger partial charge is 0.427 e. The van der Waals surface area contributed by atoms with Crippen LogP contribution in [-0.2, 0) is 11.0 Å². The molecule has 0 unspecified atom stereocenters. The van der Waals surface area contributed by atoms with E-state index in [-0.39, 0.29) is 17.5 Å². The highest BCUT2D eigenvalue weighted by Crippen LogP contribution is 2.34. The fourth-order valence-electron chi connectivity index (χ4n) is 2.06. The summed E-state index contributed by atoms with van der Waals surface area (Å²) >= 11 is 0.555. The second-order valence-electron chi connectivity index (χ2n) is 4.65. The predicted molar refractivity (Wildman–Crippen MR) is 70.7 cm³/mol. The lowest BCUT2D eigenvalue weighted by molar-refractivity contribution is -0.134. The average molecular weight is 307 g/mol. The third kappa shape index (κ3) is 4.09. The van der Waals surface area contributed by atoms with Crippen LogP contribution < -0.4 is 5.32 Å². The molecule has 0 aromatic carbocycles. The first-order valence-corrected chi connectivity index (χ1v) is 7.33. The molecule has 1 aliphatic heterocycles. The van der Waals surface area contributed by atoms with Crippen LogP contribution in [0.3, 0.4) is 0 Å². The van der Waals surface area contributed by atoms with Crippen molar-refractivity contribution in [3.8, 4) is 0 Å². The van der Waals surface area contributed by atoms with Crippen LogP contribution in [0.25, 0.3) is 0 Å². The Morgan fingerprint density at radius 2 is 2.05 bits per heavy atom. The number of hydrogen-bond donors (Lipinski definition) is 1. The molecule has 0 bridgehead atoms. The van der Waals surface area contributed by atoms with E-state index >= 15 is 0 Å². The summed E-state index contributed by atoms with van der Waals surface area (Å²) in [5.41, 5.74) is 0. The van der Waals surface area contributed by atoms with Crippen molar-refractivity contribution in [2.45, 2.75) is 31.9 Å². The van der Waals surface area contributed by atoms with Crippen molar-refractivity contribution in [3.63, 3.8) is 0 Å². The second kappa shape index (κ2) is 6.43. The highest BCUT2D eigenvalue weighted by molar-refractivity contribution is 7.15. The minimum Gasteiger partial charge on any atom is -0.361 e. The van der Waals surface area contributed by atoms with Gasteiger partial charge < -0.3 is 10.2 Å². The maximum Gasteiger partial charge on any atom is 0.427 e. The average Bonchev–Trinajstić information content (AvgIpc) is 2.88. The van der Waals surface area contributed by atoms with Crippen LogP contribution in [0.15, 0.2) is 6.20 Å². The molecule has 0 aliphatic carbocycles. The summed E-state index contributed by atoms with van der Waals surface area (Å²) in [5.74, 6) is 0.0461. The lowest BCUT2D eigenvalue weighted by Gasteiger charge is -2.26.